The Labute approximate surface area is 129 Å². The van der Waals surface area contributed by atoms with Gasteiger partial charge in [0, 0.05) is 19.7 Å². The number of aliphatic hydroxyl groups is 1. The molecule has 4 unspecified atom stereocenters. The van der Waals surface area contributed by atoms with Gasteiger partial charge in [-0.05, 0) is 37.5 Å². The van der Waals surface area contributed by atoms with E-state index in [0.717, 1.165) is 32.6 Å². The minimum atomic E-state index is -0.394. The van der Waals surface area contributed by atoms with Crippen LogP contribution in [-0.4, -0.2) is 50.2 Å². The van der Waals surface area contributed by atoms with Crippen LogP contribution in [0.25, 0.3) is 0 Å². The van der Waals surface area contributed by atoms with Crippen LogP contribution >= 0.6 is 0 Å². The Balaban J connectivity index is 1.55. The zero-order chi connectivity index (χ0) is 14.9. The number of nitrogens with one attached hydrogen (secondary N) is 1. The molecule has 4 nitrogen and oxygen atoms in total. The van der Waals surface area contributed by atoms with Crippen molar-refractivity contribution in [2.24, 2.45) is 11.8 Å². The molecule has 2 aliphatic rings. The molecule has 0 radical (unpaired) electrons. The average Bonchev–Trinajstić information content (AvgIpc) is 2.54. The third kappa shape index (κ3) is 6.23. The minimum absolute atomic E-state index is 0.366. The lowest BCUT2D eigenvalue weighted by Crippen LogP contribution is -2.37. The predicted octanol–water partition coefficient (Wildman–Crippen LogP) is 2.35. The zero-order valence-electron chi connectivity index (χ0n) is 13.6. The van der Waals surface area contributed by atoms with Crippen LogP contribution < -0.4 is 5.32 Å². The molecule has 4 heteroatoms. The molecule has 4 atom stereocenters. The summed E-state index contributed by atoms with van der Waals surface area (Å²) in [5.74, 6) is 1.30. The molecule has 2 rings (SSSR count). The molecule has 1 aliphatic carbocycles. The van der Waals surface area contributed by atoms with Gasteiger partial charge in [-0.1, -0.05) is 26.2 Å². The molecule has 1 aliphatic heterocycles. The Kier molecular flexibility index (Phi) is 8.01. The first kappa shape index (κ1) is 17.2. The summed E-state index contributed by atoms with van der Waals surface area (Å²) in [6, 6.07) is 0. The summed E-state index contributed by atoms with van der Waals surface area (Å²) in [5.41, 5.74) is 0. The summed E-state index contributed by atoms with van der Waals surface area (Å²) in [6.07, 6.45) is 8.64. The van der Waals surface area contributed by atoms with Crippen molar-refractivity contribution in [2.75, 3.05) is 32.9 Å². The van der Waals surface area contributed by atoms with Gasteiger partial charge >= 0.3 is 0 Å². The fourth-order valence-corrected chi connectivity index (χ4v) is 3.58. The van der Waals surface area contributed by atoms with Crippen LogP contribution in [-0.2, 0) is 9.47 Å². The second-order valence-electron chi connectivity index (χ2n) is 6.72. The van der Waals surface area contributed by atoms with Crippen LogP contribution in [0, 0.1) is 11.8 Å². The highest BCUT2D eigenvalue weighted by molar-refractivity contribution is 4.76. The fraction of sp³-hybridized carbons (Fsp3) is 1.00. The molecule has 2 N–H and O–H groups in total. The molecule has 0 aromatic heterocycles. The molecule has 0 aromatic carbocycles. The van der Waals surface area contributed by atoms with E-state index < -0.39 is 6.10 Å². The van der Waals surface area contributed by atoms with E-state index in [-0.39, 0.29) is 0 Å². The molecular formula is C17H33NO3. The van der Waals surface area contributed by atoms with Crippen molar-refractivity contribution in [3.8, 4) is 0 Å². The predicted molar refractivity (Wildman–Crippen MR) is 84.4 cm³/mol. The summed E-state index contributed by atoms with van der Waals surface area (Å²) in [4.78, 5) is 0. The van der Waals surface area contributed by atoms with Crippen molar-refractivity contribution < 1.29 is 14.6 Å². The summed E-state index contributed by atoms with van der Waals surface area (Å²) < 4.78 is 11.4. The van der Waals surface area contributed by atoms with Crippen LogP contribution in [0.3, 0.4) is 0 Å². The minimum Gasteiger partial charge on any atom is -0.389 e. The van der Waals surface area contributed by atoms with Crippen LogP contribution in [0.5, 0.6) is 0 Å². The first-order chi connectivity index (χ1) is 10.3. The topological polar surface area (TPSA) is 50.7 Å². The highest BCUT2D eigenvalue weighted by Crippen LogP contribution is 2.29. The summed E-state index contributed by atoms with van der Waals surface area (Å²) in [5, 5.41) is 13.4. The summed E-state index contributed by atoms with van der Waals surface area (Å²) >= 11 is 0. The largest absolute Gasteiger partial charge is 0.389 e. The third-order valence-corrected chi connectivity index (χ3v) is 4.93. The second kappa shape index (κ2) is 9.78. The Hall–Kier alpha value is -0.160. The lowest BCUT2D eigenvalue weighted by Gasteiger charge is -2.31. The van der Waals surface area contributed by atoms with Gasteiger partial charge in [-0.2, -0.15) is 0 Å². The van der Waals surface area contributed by atoms with Crippen molar-refractivity contribution in [1.29, 1.82) is 0 Å². The quantitative estimate of drug-likeness (QED) is 0.722. The van der Waals surface area contributed by atoms with Gasteiger partial charge in [-0.3, -0.25) is 0 Å². The van der Waals surface area contributed by atoms with Crippen LogP contribution in [0.4, 0.5) is 0 Å². The number of hydrogen-bond acceptors (Lipinski definition) is 4. The monoisotopic (exact) mass is 299 g/mol. The first-order valence-electron chi connectivity index (χ1n) is 8.87. The fourth-order valence-electron chi connectivity index (χ4n) is 3.58. The SMILES string of the molecule is CCC1CCCCC1OCC(O)CNCC1CCCOC1. The van der Waals surface area contributed by atoms with Crippen LogP contribution in [0.1, 0.15) is 51.9 Å². The molecule has 1 saturated carbocycles. The highest BCUT2D eigenvalue weighted by atomic mass is 16.5. The molecule has 1 heterocycles. The molecule has 21 heavy (non-hydrogen) atoms. The Bertz CT molecular complexity index is 269. The van der Waals surface area contributed by atoms with Gasteiger partial charge in [-0.15, -0.1) is 0 Å². The second-order valence-corrected chi connectivity index (χ2v) is 6.72. The van der Waals surface area contributed by atoms with Gasteiger partial charge in [0.05, 0.1) is 25.4 Å². The Morgan fingerprint density at radius 3 is 2.86 bits per heavy atom. The first-order valence-corrected chi connectivity index (χ1v) is 8.87. The molecule has 0 spiro atoms. The van der Waals surface area contributed by atoms with Crippen molar-refractivity contribution >= 4 is 0 Å². The normalized spacial score (nSPS) is 32.0. The van der Waals surface area contributed by atoms with E-state index in [9.17, 15) is 5.11 Å². The molecule has 0 bridgehead atoms. The molecule has 2 fully saturated rings. The van der Waals surface area contributed by atoms with E-state index in [1.807, 2.05) is 0 Å². The number of hydrogen-bond donors (Lipinski definition) is 2. The Morgan fingerprint density at radius 2 is 2.10 bits per heavy atom. The molecule has 0 aromatic rings. The molecule has 0 amide bonds. The third-order valence-electron chi connectivity index (χ3n) is 4.93. The molecule has 124 valence electrons. The van der Waals surface area contributed by atoms with E-state index in [4.69, 9.17) is 9.47 Å². The zero-order valence-corrected chi connectivity index (χ0v) is 13.6. The van der Waals surface area contributed by atoms with E-state index in [0.29, 0.717) is 31.1 Å². The number of ether oxygens (including phenoxy) is 2. The maximum Gasteiger partial charge on any atom is 0.0897 e. The van der Waals surface area contributed by atoms with E-state index in [1.165, 1.54) is 32.1 Å². The van der Waals surface area contributed by atoms with Crippen molar-refractivity contribution in [2.45, 2.75) is 64.1 Å². The maximum absolute atomic E-state index is 10.0. The van der Waals surface area contributed by atoms with Gasteiger partial charge in [0.15, 0.2) is 0 Å². The highest BCUT2D eigenvalue weighted by Gasteiger charge is 2.24. The van der Waals surface area contributed by atoms with Gasteiger partial charge in [-0.25, -0.2) is 0 Å². The van der Waals surface area contributed by atoms with Crippen molar-refractivity contribution in [3.63, 3.8) is 0 Å². The van der Waals surface area contributed by atoms with Gasteiger partial charge in [0.2, 0.25) is 0 Å². The molecule has 1 saturated heterocycles. The Morgan fingerprint density at radius 1 is 1.24 bits per heavy atom. The average molecular weight is 299 g/mol. The van der Waals surface area contributed by atoms with E-state index >= 15 is 0 Å². The number of aliphatic hydroxyl groups excluding tert-OH is 1. The molecular weight excluding hydrogens is 266 g/mol. The van der Waals surface area contributed by atoms with Gasteiger partial charge in [0.25, 0.3) is 0 Å². The van der Waals surface area contributed by atoms with E-state index in [2.05, 4.69) is 12.2 Å². The van der Waals surface area contributed by atoms with Crippen LogP contribution in [0.15, 0.2) is 0 Å². The summed E-state index contributed by atoms with van der Waals surface area (Å²) in [7, 11) is 0. The number of rotatable bonds is 8. The van der Waals surface area contributed by atoms with Crippen molar-refractivity contribution in [1.82, 2.24) is 5.32 Å². The van der Waals surface area contributed by atoms with Crippen LogP contribution in [0.2, 0.25) is 0 Å². The van der Waals surface area contributed by atoms with Crippen molar-refractivity contribution in [3.05, 3.63) is 0 Å². The smallest absolute Gasteiger partial charge is 0.0897 e. The lowest BCUT2D eigenvalue weighted by atomic mass is 9.85. The van der Waals surface area contributed by atoms with Gasteiger partial charge in [0.1, 0.15) is 0 Å². The lowest BCUT2D eigenvalue weighted by molar-refractivity contribution is -0.0502. The van der Waals surface area contributed by atoms with E-state index in [1.54, 1.807) is 0 Å². The summed E-state index contributed by atoms with van der Waals surface area (Å²) in [6.45, 7) is 6.05. The standard InChI is InChI=1S/C17H33NO3/c1-2-15-7-3-4-8-17(15)21-13-16(19)11-18-10-14-6-5-9-20-12-14/h14-19H,2-13H2,1H3. The maximum atomic E-state index is 10.0. The van der Waals surface area contributed by atoms with Gasteiger partial charge < -0.3 is 19.9 Å².